The Labute approximate surface area is 353 Å². The van der Waals surface area contributed by atoms with Gasteiger partial charge in [0.25, 0.3) is 0 Å². The van der Waals surface area contributed by atoms with Gasteiger partial charge in [0.05, 0.1) is 25.4 Å². The molecule has 0 saturated heterocycles. The third-order valence-electron chi connectivity index (χ3n) is 11.2. The minimum atomic E-state index is -0.878. The van der Waals surface area contributed by atoms with E-state index in [0.29, 0.717) is 25.9 Å². The Kier molecular flexibility index (Phi) is 45.2. The molecule has 2 unspecified atom stereocenters. The van der Waals surface area contributed by atoms with Crippen molar-refractivity contribution < 1.29 is 24.5 Å². The van der Waals surface area contributed by atoms with Crippen LogP contribution in [0.25, 0.3) is 0 Å². The first-order valence-electron chi connectivity index (χ1n) is 24.8. The number of allylic oxidation sites excluding steroid dienone is 5. The Hall–Kier alpha value is -1.92. The van der Waals surface area contributed by atoms with Gasteiger partial charge in [0.2, 0.25) is 5.91 Å². The highest BCUT2D eigenvalue weighted by Gasteiger charge is 2.17. The second-order valence-corrected chi connectivity index (χ2v) is 16.8. The Morgan fingerprint density at radius 2 is 0.895 bits per heavy atom. The molecule has 57 heavy (non-hydrogen) atoms. The number of hydrogen-bond acceptors (Lipinski definition) is 5. The Morgan fingerprint density at radius 1 is 0.491 bits per heavy atom. The average molecular weight is 802 g/mol. The van der Waals surface area contributed by atoms with Crippen molar-refractivity contribution >= 4 is 11.9 Å². The number of rotatable bonds is 45. The number of unbranched alkanes of at least 4 members (excludes halogenated alkanes) is 30. The molecular weight excluding hydrogens is 707 g/mol. The highest BCUT2D eigenvalue weighted by Crippen LogP contribution is 2.15. The number of carbonyl (C=O) groups excluding carboxylic acids is 2. The van der Waals surface area contributed by atoms with E-state index in [2.05, 4.69) is 37.4 Å². The van der Waals surface area contributed by atoms with E-state index < -0.39 is 12.1 Å². The third-order valence-corrected chi connectivity index (χ3v) is 11.2. The SMILES string of the molecule is CCCCCCCCCCCCCCCC/C=C/C(O)C(CO)NC(=O)CC/C=C\C/C=C\CCCCCCCCOC(=O)CCCCCCCCCCCCC. The van der Waals surface area contributed by atoms with Crippen LogP contribution in [0.1, 0.15) is 251 Å². The van der Waals surface area contributed by atoms with E-state index in [9.17, 15) is 19.8 Å². The van der Waals surface area contributed by atoms with Crippen molar-refractivity contribution in [1.82, 2.24) is 5.32 Å². The number of nitrogens with one attached hydrogen (secondary N) is 1. The summed E-state index contributed by atoms with van der Waals surface area (Å²) in [7, 11) is 0. The molecule has 6 nitrogen and oxygen atoms in total. The topological polar surface area (TPSA) is 95.9 Å². The largest absolute Gasteiger partial charge is 0.466 e. The smallest absolute Gasteiger partial charge is 0.305 e. The lowest BCUT2D eigenvalue weighted by molar-refractivity contribution is -0.143. The number of carbonyl (C=O) groups is 2. The lowest BCUT2D eigenvalue weighted by atomic mass is 10.0. The maximum absolute atomic E-state index is 12.4. The molecule has 0 aliphatic rings. The molecule has 0 spiro atoms. The van der Waals surface area contributed by atoms with Gasteiger partial charge in [0.15, 0.2) is 0 Å². The Bertz CT molecular complexity index is 931. The van der Waals surface area contributed by atoms with Gasteiger partial charge < -0.3 is 20.3 Å². The first-order valence-corrected chi connectivity index (χ1v) is 24.8. The fraction of sp³-hybridized carbons (Fsp3) is 0.843. The number of aliphatic hydroxyl groups is 2. The van der Waals surface area contributed by atoms with Gasteiger partial charge in [0.1, 0.15) is 0 Å². The second kappa shape index (κ2) is 46.8. The fourth-order valence-corrected chi connectivity index (χ4v) is 7.33. The first-order chi connectivity index (χ1) is 28.0. The lowest BCUT2D eigenvalue weighted by Gasteiger charge is -2.19. The number of ether oxygens (including phenoxy) is 1. The Morgan fingerprint density at radius 3 is 1.37 bits per heavy atom. The van der Waals surface area contributed by atoms with Crippen molar-refractivity contribution in [2.45, 2.75) is 264 Å². The molecule has 0 aliphatic heterocycles. The van der Waals surface area contributed by atoms with E-state index in [1.165, 1.54) is 167 Å². The molecular formula is C51H95NO5. The summed E-state index contributed by atoms with van der Waals surface area (Å²) in [6, 6.07) is -0.671. The maximum atomic E-state index is 12.4. The minimum Gasteiger partial charge on any atom is -0.466 e. The number of hydrogen-bond donors (Lipinski definition) is 3. The zero-order valence-corrected chi connectivity index (χ0v) is 37.8. The summed E-state index contributed by atoms with van der Waals surface area (Å²) in [6.07, 6.45) is 55.8. The molecule has 0 aromatic heterocycles. The molecule has 0 fully saturated rings. The van der Waals surface area contributed by atoms with Gasteiger partial charge in [0, 0.05) is 12.8 Å². The third kappa shape index (κ3) is 43.5. The highest BCUT2D eigenvalue weighted by atomic mass is 16.5. The summed E-state index contributed by atoms with van der Waals surface area (Å²) in [5, 5.41) is 23.0. The van der Waals surface area contributed by atoms with Crippen molar-refractivity contribution in [2.75, 3.05) is 13.2 Å². The van der Waals surface area contributed by atoms with Gasteiger partial charge in [-0.05, 0) is 51.4 Å². The molecule has 2 atom stereocenters. The van der Waals surface area contributed by atoms with E-state index in [1.807, 2.05) is 12.2 Å². The van der Waals surface area contributed by atoms with Crippen molar-refractivity contribution in [3.63, 3.8) is 0 Å². The summed E-state index contributed by atoms with van der Waals surface area (Å²) in [6.45, 7) is 4.83. The van der Waals surface area contributed by atoms with Crippen molar-refractivity contribution in [3.05, 3.63) is 36.5 Å². The van der Waals surface area contributed by atoms with Crippen molar-refractivity contribution in [1.29, 1.82) is 0 Å². The van der Waals surface area contributed by atoms with Gasteiger partial charge in [-0.2, -0.15) is 0 Å². The van der Waals surface area contributed by atoms with Crippen LogP contribution >= 0.6 is 0 Å². The predicted molar refractivity (Wildman–Crippen MR) is 246 cm³/mol. The zero-order valence-electron chi connectivity index (χ0n) is 37.8. The molecule has 0 radical (unpaired) electrons. The normalized spacial score (nSPS) is 13.0. The molecule has 0 aromatic carbocycles. The fourth-order valence-electron chi connectivity index (χ4n) is 7.33. The minimum absolute atomic E-state index is 0.0194. The van der Waals surface area contributed by atoms with E-state index in [4.69, 9.17) is 4.74 Å². The van der Waals surface area contributed by atoms with Gasteiger partial charge in [-0.25, -0.2) is 0 Å². The van der Waals surface area contributed by atoms with Crippen LogP contribution in [0.15, 0.2) is 36.5 Å². The van der Waals surface area contributed by atoms with Crippen LogP contribution in [-0.2, 0) is 14.3 Å². The van der Waals surface area contributed by atoms with E-state index in [-0.39, 0.29) is 18.5 Å². The summed E-state index contributed by atoms with van der Waals surface area (Å²) in [5.74, 6) is -0.168. The van der Waals surface area contributed by atoms with Crippen LogP contribution in [-0.4, -0.2) is 47.4 Å². The van der Waals surface area contributed by atoms with Gasteiger partial charge >= 0.3 is 5.97 Å². The molecule has 0 rings (SSSR count). The van der Waals surface area contributed by atoms with Crippen molar-refractivity contribution in [2.24, 2.45) is 0 Å². The summed E-state index contributed by atoms with van der Waals surface area (Å²) in [5.41, 5.74) is 0. The second-order valence-electron chi connectivity index (χ2n) is 16.8. The van der Waals surface area contributed by atoms with Gasteiger partial charge in [-0.1, -0.05) is 224 Å². The number of esters is 1. The molecule has 3 N–H and O–H groups in total. The average Bonchev–Trinajstić information content (AvgIpc) is 3.21. The molecule has 0 bridgehead atoms. The van der Waals surface area contributed by atoms with E-state index in [0.717, 1.165) is 51.4 Å². The van der Waals surface area contributed by atoms with E-state index >= 15 is 0 Å². The summed E-state index contributed by atoms with van der Waals surface area (Å²) < 4.78 is 5.43. The molecule has 0 heterocycles. The Balaban J connectivity index is 3.61. The predicted octanol–water partition coefficient (Wildman–Crippen LogP) is 14.5. The van der Waals surface area contributed by atoms with Crippen LogP contribution in [0.2, 0.25) is 0 Å². The monoisotopic (exact) mass is 802 g/mol. The molecule has 334 valence electrons. The number of aliphatic hydroxyl groups excluding tert-OH is 2. The zero-order chi connectivity index (χ0) is 41.5. The van der Waals surface area contributed by atoms with Crippen LogP contribution in [0.3, 0.4) is 0 Å². The van der Waals surface area contributed by atoms with Crippen molar-refractivity contribution in [3.8, 4) is 0 Å². The molecule has 0 aromatic rings. The van der Waals surface area contributed by atoms with Crippen LogP contribution < -0.4 is 5.32 Å². The molecule has 0 saturated carbocycles. The van der Waals surface area contributed by atoms with Crippen LogP contribution in [0.4, 0.5) is 0 Å². The molecule has 6 heteroatoms. The van der Waals surface area contributed by atoms with E-state index in [1.54, 1.807) is 6.08 Å². The summed E-state index contributed by atoms with van der Waals surface area (Å²) >= 11 is 0. The number of amides is 1. The molecule has 0 aliphatic carbocycles. The quantitative estimate of drug-likeness (QED) is 0.0324. The molecule has 1 amide bonds. The highest BCUT2D eigenvalue weighted by molar-refractivity contribution is 5.76. The van der Waals surface area contributed by atoms with Crippen LogP contribution in [0, 0.1) is 0 Å². The lowest BCUT2D eigenvalue weighted by Crippen LogP contribution is -2.45. The first kappa shape index (κ1) is 55.1. The maximum Gasteiger partial charge on any atom is 0.305 e. The van der Waals surface area contributed by atoms with Gasteiger partial charge in [-0.15, -0.1) is 0 Å². The van der Waals surface area contributed by atoms with Crippen LogP contribution in [0.5, 0.6) is 0 Å². The van der Waals surface area contributed by atoms with Gasteiger partial charge in [-0.3, -0.25) is 9.59 Å². The summed E-state index contributed by atoms with van der Waals surface area (Å²) in [4.78, 5) is 24.3. The standard InChI is InChI=1S/C51H95NO5/c1-3-5-7-9-11-13-15-16-17-18-20-24-27-31-35-39-43-49(54)48(47-53)52-50(55)44-40-36-32-28-25-21-19-22-26-30-34-38-42-46-57-51(56)45-41-37-33-29-23-14-12-10-8-6-4-2/h21,25,32,36,39,43,48-49,53-54H,3-20,22-24,26-31,33-35,37-38,40-42,44-47H2,1-2H3,(H,52,55)/b25-21-,36-32-,43-39+.